The van der Waals surface area contributed by atoms with Crippen molar-refractivity contribution < 1.29 is 4.42 Å². The highest BCUT2D eigenvalue weighted by Crippen LogP contribution is 2.21. The van der Waals surface area contributed by atoms with E-state index in [2.05, 4.69) is 33.9 Å². The van der Waals surface area contributed by atoms with Gasteiger partial charge >= 0.3 is 0 Å². The van der Waals surface area contributed by atoms with Crippen LogP contribution in [-0.2, 0) is 13.1 Å². The molecule has 0 aliphatic heterocycles. The zero-order valence-corrected chi connectivity index (χ0v) is 13.7. The zero-order chi connectivity index (χ0) is 16.1. The predicted molar refractivity (Wildman–Crippen MR) is 92.0 cm³/mol. The fourth-order valence-corrected chi connectivity index (χ4v) is 2.67. The van der Waals surface area contributed by atoms with Crippen LogP contribution in [0.15, 0.2) is 59.3 Å². The van der Waals surface area contributed by atoms with Crippen LogP contribution < -0.4 is 5.32 Å². The minimum atomic E-state index is 0.534. The maximum atomic E-state index is 5.90. The van der Waals surface area contributed by atoms with Gasteiger partial charge < -0.3 is 14.3 Å². The van der Waals surface area contributed by atoms with Gasteiger partial charge in [-0.2, -0.15) is 0 Å². The van der Waals surface area contributed by atoms with Gasteiger partial charge in [0.2, 0.25) is 0 Å². The molecule has 3 rings (SSSR count). The molecule has 2 aromatic heterocycles. The second kappa shape index (κ2) is 7.29. The van der Waals surface area contributed by atoms with E-state index in [1.807, 2.05) is 49.6 Å². The lowest BCUT2D eigenvalue weighted by atomic mass is 10.2. The molecule has 0 spiro atoms. The lowest BCUT2D eigenvalue weighted by molar-refractivity contribution is 0.420. The Kier molecular flexibility index (Phi) is 4.93. The third-order valence-electron chi connectivity index (χ3n) is 3.94. The van der Waals surface area contributed by atoms with Crippen molar-refractivity contribution in [3.05, 3.63) is 66.4 Å². The first kappa shape index (κ1) is 15.6. The summed E-state index contributed by atoms with van der Waals surface area (Å²) in [4.78, 5) is 4.26. The van der Waals surface area contributed by atoms with Crippen LogP contribution in [-0.4, -0.2) is 16.1 Å². The van der Waals surface area contributed by atoms with Gasteiger partial charge in [0.05, 0.1) is 6.54 Å². The molecule has 2 heterocycles. The number of furan rings is 1. The molecule has 0 aliphatic rings. The summed E-state index contributed by atoms with van der Waals surface area (Å²) in [5, 5.41) is 3.47. The van der Waals surface area contributed by atoms with Crippen LogP contribution in [0.1, 0.15) is 18.5 Å². The van der Waals surface area contributed by atoms with Gasteiger partial charge in [0, 0.05) is 24.5 Å². The zero-order valence-electron chi connectivity index (χ0n) is 13.7. The Bertz CT molecular complexity index is 730. The van der Waals surface area contributed by atoms with Gasteiger partial charge in [0.15, 0.2) is 0 Å². The van der Waals surface area contributed by atoms with Crippen molar-refractivity contribution in [2.45, 2.75) is 26.9 Å². The maximum absolute atomic E-state index is 5.90. The number of nitrogens with zero attached hydrogens (tertiary/aromatic N) is 2. The molecule has 0 saturated heterocycles. The van der Waals surface area contributed by atoms with Crippen LogP contribution in [0.3, 0.4) is 0 Å². The van der Waals surface area contributed by atoms with Crippen LogP contribution in [0.4, 0.5) is 0 Å². The molecule has 0 radical (unpaired) electrons. The Morgan fingerprint density at radius 3 is 2.74 bits per heavy atom. The van der Waals surface area contributed by atoms with E-state index in [0.717, 1.165) is 42.5 Å². The van der Waals surface area contributed by atoms with E-state index in [1.165, 1.54) is 0 Å². The number of hydrogen-bond donors (Lipinski definition) is 1. The number of aryl methyl sites for hydroxylation is 1. The van der Waals surface area contributed by atoms with Gasteiger partial charge in [-0.3, -0.25) is 0 Å². The quantitative estimate of drug-likeness (QED) is 0.720. The number of benzene rings is 1. The molecule has 23 heavy (non-hydrogen) atoms. The van der Waals surface area contributed by atoms with E-state index in [0.29, 0.717) is 5.92 Å². The molecule has 1 aromatic carbocycles. The average Bonchev–Trinajstić information content (AvgIpc) is 3.18. The van der Waals surface area contributed by atoms with Crippen LogP contribution in [0.25, 0.3) is 11.3 Å². The third-order valence-corrected chi connectivity index (χ3v) is 3.94. The minimum absolute atomic E-state index is 0.534. The van der Waals surface area contributed by atoms with Crippen molar-refractivity contribution in [2.75, 3.05) is 6.54 Å². The molecule has 4 heteroatoms. The summed E-state index contributed by atoms with van der Waals surface area (Å²) >= 11 is 0. The van der Waals surface area contributed by atoms with E-state index in [9.17, 15) is 0 Å². The van der Waals surface area contributed by atoms with E-state index in [4.69, 9.17) is 4.42 Å². The van der Waals surface area contributed by atoms with Gasteiger partial charge in [-0.1, -0.05) is 37.3 Å². The molecule has 1 N–H and O–H groups in total. The molecule has 0 fully saturated rings. The topological polar surface area (TPSA) is 43.0 Å². The van der Waals surface area contributed by atoms with Crippen LogP contribution in [0, 0.1) is 12.8 Å². The molecule has 4 nitrogen and oxygen atoms in total. The molecular formula is C19H23N3O. The van der Waals surface area contributed by atoms with Gasteiger partial charge in [0.25, 0.3) is 0 Å². The number of aromatic nitrogens is 2. The summed E-state index contributed by atoms with van der Waals surface area (Å²) in [5.41, 5.74) is 1.11. The Hall–Kier alpha value is -2.33. The highest BCUT2D eigenvalue weighted by Gasteiger charge is 2.07. The molecule has 1 unspecified atom stereocenters. The summed E-state index contributed by atoms with van der Waals surface area (Å²) in [6.45, 7) is 6.95. The lowest BCUT2D eigenvalue weighted by Gasteiger charge is -2.13. The second-order valence-electron chi connectivity index (χ2n) is 5.99. The number of hydrogen-bond acceptors (Lipinski definition) is 3. The summed E-state index contributed by atoms with van der Waals surface area (Å²) in [5.74, 6) is 3.49. The molecule has 0 saturated carbocycles. The normalized spacial score (nSPS) is 12.4. The van der Waals surface area contributed by atoms with Gasteiger partial charge in [-0.25, -0.2) is 4.98 Å². The van der Waals surface area contributed by atoms with Gasteiger partial charge in [0.1, 0.15) is 17.3 Å². The predicted octanol–water partition coefficient (Wildman–Crippen LogP) is 3.88. The molecule has 0 bridgehead atoms. The summed E-state index contributed by atoms with van der Waals surface area (Å²) in [6, 6.07) is 14.3. The first-order valence-corrected chi connectivity index (χ1v) is 8.05. The molecule has 120 valence electrons. The Labute approximate surface area is 137 Å². The van der Waals surface area contributed by atoms with E-state index < -0.39 is 0 Å². The minimum Gasteiger partial charge on any atom is -0.460 e. The molecule has 0 aliphatic carbocycles. The van der Waals surface area contributed by atoms with E-state index in [1.54, 1.807) is 0 Å². The highest BCUT2D eigenvalue weighted by atomic mass is 16.3. The molecule has 1 atom stereocenters. The van der Waals surface area contributed by atoms with Crippen molar-refractivity contribution in [1.29, 1.82) is 0 Å². The molecule has 0 amide bonds. The monoisotopic (exact) mass is 309 g/mol. The van der Waals surface area contributed by atoms with Crippen LogP contribution in [0.5, 0.6) is 0 Å². The standard InChI is InChI=1S/C19H23N3O/c1-15(14-22-11-10-21-16(22)2)12-20-13-18-8-9-19(23-18)17-6-4-3-5-7-17/h3-11,15,20H,12-14H2,1-2H3. The maximum Gasteiger partial charge on any atom is 0.134 e. The average molecular weight is 309 g/mol. The lowest BCUT2D eigenvalue weighted by Crippen LogP contribution is -2.23. The number of nitrogens with one attached hydrogen (secondary N) is 1. The first-order chi connectivity index (χ1) is 11.2. The largest absolute Gasteiger partial charge is 0.460 e. The fourth-order valence-electron chi connectivity index (χ4n) is 2.67. The third kappa shape index (κ3) is 4.11. The molecule has 3 aromatic rings. The number of rotatable bonds is 7. The number of imidazole rings is 1. The van der Waals surface area contributed by atoms with E-state index in [-0.39, 0.29) is 0 Å². The van der Waals surface area contributed by atoms with Crippen molar-refractivity contribution >= 4 is 0 Å². The van der Waals surface area contributed by atoms with Crippen molar-refractivity contribution in [3.8, 4) is 11.3 Å². The van der Waals surface area contributed by atoms with Gasteiger partial charge in [-0.15, -0.1) is 0 Å². The second-order valence-corrected chi connectivity index (χ2v) is 5.99. The van der Waals surface area contributed by atoms with Crippen molar-refractivity contribution in [3.63, 3.8) is 0 Å². The fraction of sp³-hybridized carbons (Fsp3) is 0.316. The Morgan fingerprint density at radius 2 is 2.00 bits per heavy atom. The highest BCUT2D eigenvalue weighted by molar-refractivity contribution is 5.57. The molecular weight excluding hydrogens is 286 g/mol. The summed E-state index contributed by atoms with van der Waals surface area (Å²) in [6.07, 6.45) is 3.88. The smallest absolute Gasteiger partial charge is 0.134 e. The van der Waals surface area contributed by atoms with Crippen molar-refractivity contribution in [2.24, 2.45) is 5.92 Å². The first-order valence-electron chi connectivity index (χ1n) is 8.05. The van der Waals surface area contributed by atoms with Crippen LogP contribution in [0.2, 0.25) is 0 Å². The Morgan fingerprint density at radius 1 is 1.17 bits per heavy atom. The van der Waals surface area contributed by atoms with Crippen LogP contribution >= 0.6 is 0 Å². The summed E-state index contributed by atoms with van der Waals surface area (Å²) in [7, 11) is 0. The Balaban J connectivity index is 1.48. The van der Waals surface area contributed by atoms with Gasteiger partial charge in [-0.05, 0) is 31.5 Å². The summed E-state index contributed by atoms with van der Waals surface area (Å²) < 4.78 is 8.09. The SMILES string of the molecule is Cc1nccn1CC(C)CNCc1ccc(-c2ccccc2)o1. The van der Waals surface area contributed by atoms with E-state index >= 15 is 0 Å². The van der Waals surface area contributed by atoms with Crippen molar-refractivity contribution in [1.82, 2.24) is 14.9 Å².